The van der Waals surface area contributed by atoms with E-state index < -0.39 is 0 Å². The normalized spacial score (nSPS) is 11.6. The van der Waals surface area contributed by atoms with Gasteiger partial charge in [-0.3, -0.25) is 0 Å². The van der Waals surface area contributed by atoms with Gasteiger partial charge in [0.2, 0.25) is 0 Å². The summed E-state index contributed by atoms with van der Waals surface area (Å²) in [4.78, 5) is 15.1. The molecule has 0 amide bonds. The van der Waals surface area contributed by atoms with Crippen molar-refractivity contribution < 1.29 is 0 Å². The van der Waals surface area contributed by atoms with Gasteiger partial charge in [-0.2, -0.15) is 0 Å². The molecule has 3 heterocycles. The Labute approximate surface area is 327 Å². The van der Waals surface area contributed by atoms with Gasteiger partial charge in [-0.05, 0) is 52.6 Å². The smallest absolute Gasteiger partial charge is 0.165 e. The molecule has 3 aromatic heterocycles. The molecule has 0 fully saturated rings. The number of fused-ring (bicyclic) bond motifs is 6. The second kappa shape index (κ2) is 13.3. The van der Waals surface area contributed by atoms with Gasteiger partial charge < -0.3 is 4.57 Å². The number of benzene rings is 8. The first kappa shape index (κ1) is 32.2. The quantitative estimate of drug-likeness (QED) is 0.171. The summed E-state index contributed by atoms with van der Waals surface area (Å²) in [5.41, 5.74) is 11.2. The fourth-order valence-electron chi connectivity index (χ4n) is 8.00. The lowest BCUT2D eigenvalue weighted by Gasteiger charge is -2.11. The average molecular weight is 733 g/mol. The van der Waals surface area contributed by atoms with E-state index in [4.69, 9.17) is 15.0 Å². The maximum atomic E-state index is 5.10. The number of hydrogen-bond acceptors (Lipinski definition) is 4. The molecule has 0 unspecified atom stereocenters. The van der Waals surface area contributed by atoms with E-state index in [1.54, 1.807) is 0 Å². The molecule has 0 aliphatic rings. The molecule has 8 aromatic carbocycles. The predicted octanol–water partition coefficient (Wildman–Crippen LogP) is 13.7. The Morgan fingerprint density at radius 2 is 0.804 bits per heavy atom. The summed E-state index contributed by atoms with van der Waals surface area (Å²) in [7, 11) is 0. The van der Waals surface area contributed by atoms with Crippen molar-refractivity contribution in [3.63, 3.8) is 0 Å². The van der Waals surface area contributed by atoms with Gasteiger partial charge in [-0.25, -0.2) is 15.0 Å². The molecule has 11 rings (SSSR count). The molecular weight excluding hydrogens is 701 g/mol. The zero-order valence-electron chi connectivity index (χ0n) is 30.2. The van der Waals surface area contributed by atoms with Crippen molar-refractivity contribution in [2.75, 3.05) is 0 Å². The Balaban J connectivity index is 1.08. The largest absolute Gasteiger partial charge is 0.309 e. The zero-order chi connectivity index (χ0) is 37.0. The summed E-state index contributed by atoms with van der Waals surface area (Å²) < 4.78 is 4.80. The molecular formula is C51H32N4S. The van der Waals surface area contributed by atoms with Crippen molar-refractivity contribution in [1.29, 1.82) is 0 Å². The number of nitrogens with zero attached hydrogens (tertiary/aromatic N) is 4. The van der Waals surface area contributed by atoms with E-state index in [9.17, 15) is 0 Å². The average Bonchev–Trinajstić information content (AvgIpc) is 3.83. The van der Waals surface area contributed by atoms with Gasteiger partial charge in [-0.15, -0.1) is 11.3 Å². The molecule has 0 bridgehead atoms. The van der Waals surface area contributed by atoms with Crippen LogP contribution in [0.15, 0.2) is 194 Å². The molecule has 0 aliphatic carbocycles. The minimum absolute atomic E-state index is 0.659. The number of para-hydroxylation sites is 1. The van der Waals surface area contributed by atoms with E-state index >= 15 is 0 Å². The minimum Gasteiger partial charge on any atom is -0.309 e. The molecule has 0 radical (unpaired) electrons. The lowest BCUT2D eigenvalue weighted by atomic mass is 10.0. The standard InChI is InChI=1S/C51H32N4S/c1-4-14-33(15-5-1)34-26-29-38(30-27-34)55-45-25-11-10-20-40(45)41-31-28-37(32-46(41)55)39-21-12-22-42-43-23-13-24-44(48(43)56-47(39)42)51-53-49(35-16-6-2-7-17-35)52-50(54-51)36-18-8-3-9-19-36/h1-32H. The zero-order valence-corrected chi connectivity index (χ0v) is 31.0. The number of thiophene rings is 1. The summed E-state index contributed by atoms with van der Waals surface area (Å²) in [6.07, 6.45) is 0. The first-order valence-electron chi connectivity index (χ1n) is 18.8. The molecule has 56 heavy (non-hydrogen) atoms. The van der Waals surface area contributed by atoms with Crippen LogP contribution in [0.3, 0.4) is 0 Å². The van der Waals surface area contributed by atoms with Crippen LogP contribution >= 0.6 is 11.3 Å². The third-order valence-electron chi connectivity index (χ3n) is 10.7. The van der Waals surface area contributed by atoms with E-state index in [1.807, 2.05) is 47.7 Å². The van der Waals surface area contributed by atoms with Crippen LogP contribution in [0, 0.1) is 0 Å². The fraction of sp³-hybridized carbons (Fsp3) is 0. The highest BCUT2D eigenvalue weighted by molar-refractivity contribution is 7.26. The van der Waals surface area contributed by atoms with Crippen LogP contribution in [0.4, 0.5) is 0 Å². The number of hydrogen-bond donors (Lipinski definition) is 0. The summed E-state index contributed by atoms with van der Waals surface area (Å²) in [6, 6.07) is 68.6. The van der Waals surface area contributed by atoms with Crippen LogP contribution in [0.25, 0.3) is 104 Å². The van der Waals surface area contributed by atoms with Crippen LogP contribution in [0.1, 0.15) is 0 Å². The highest BCUT2D eigenvalue weighted by atomic mass is 32.1. The molecule has 0 N–H and O–H groups in total. The van der Waals surface area contributed by atoms with Crippen LogP contribution in [0.5, 0.6) is 0 Å². The monoisotopic (exact) mass is 732 g/mol. The van der Waals surface area contributed by atoms with Crippen LogP contribution in [-0.2, 0) is 0 Å². The summed E-state index contributed by atoms with van der Waals surface area (Å²) in [5.74, 6) is 1.99. The van der Waals surface area contributed by atoms with Crippen molar-refractivity contribution in [2.24, 2.45) is 0 Å². The van der Waals surface area contributed by atoms with Gasteiger partial charge in [0.05, 0.1) is 11.0 Å². The maximum Gasteiger partial charge on any atom is 0.165 e. The van der Waals surface area contributed by atoms with Gasteiger partial charge in [0.15, 0.2) is 17.5 Å². The van der Waals surface area contributed by atoms with Crippen molar-refractivity contribution in [3.05, 3.63) is 194 Å². The molecule has 4 nitrogen and oxygen atoms in total. The topological polar surface area (TPSA) is 43.6 Å². The molecule has 0 aliphatic heterocycles. The van der Waals surface area contributed by atoms with Gasteiger partial charge in [0.1, 0.15) is 0 Å². The van der Waals surface area contributed by atoms with Crippen molar-refractivity contribution in [3.8, 4) is 62.1 Å². The number of rotatable bonds is 6. The molecule has 0 saturated heterocycles. The second-order valence-corrected chi connectivity index (χ2v) is 15.0. The Kier molecular flexibility index (Phi) is 7.64. The van der Waals surface area contributed by atoms with Gasteiger partial charge in [0.25, 0.3) is 0 Å². The van der Waals surface area contributed by atoms with Gasteiger partial charge in [-0.1, -0.05) is 164 Å². The molecule has 0 saturated carbocycles. The predicted molar refractivity (Wildman–Crippen MR) is 234 cm³/mol. The van der Waals surface area contributed by atoms with E-state index in [2.05, 4.69) is 162 Å². The third-order valence-corrected chi connectivity index (χ3v) is 12.0. The highest BCUT2D eigenvalue weighted by Crippen LogP contribution is 2.44. The first-order valence-corrected chi connectivity index (χ1v) is 19.6. The number of aromatic nitrogens is 4. The molecule has 0 atom stereocenters. The van der Waals surface area contributed by atoms with Gasteiger partial charge in [0, 0.05) is 53.3 Å². The highest BCUT2D eigenvalue weighted by Gasteiger charge is 2.19. The SMILES string of the molecule is c1ccc(-c2ccc(-n3c4ccccc4c4ccc(-c5cccc6c5sc5c(-c7nc(-c8ccccc8)nc(-c8ccccc8)n7)cccc56)cc43)cc2)cc1. The van der Waals surface area contributed by atoms with Crippen molar-refractivity contribution in [2.45, 2.75) is 0 Å². The lowest BCUT2D eigenvalue weighted by Crippen LogP contribution is -2.00. The molecule has 0 spiro atoms. The summed E-state index contributed by atoms with van der Waals surface area (Å²) in [5, 5.41) is 4.90. The molecule has 5 heteroatoms. The van der Waals surface area contributed by atoms with E-state index in [1.165, 1.54) is 59.5 Å². The third kappa shape index (κ3) is 5.40. The summed E-state index contributed by atoms with van der Waals surface area (Å²) in [6.45, 7) is 0. The first-order chi connectivity index (χ1) is 27.8. The maximum absolute atomic E-state index is 5.10. The second-order valence-electron chi connectivity index (χ2n) is 14.0. The minimum atomic E-state index is 0.659. The Hall–Kier alpha value is -7.21. The van der Waals surface area contributed by atoms with Crippen molar-refractivity contribution in [1.82, 2.24) is 19.5 Å². The van der Waals surface area contributed by atoms with Crippen LogP contribution in [0.2, 0.25) is 0 Å². The Morgan fingerprint density at radius 1 is 0.321 bits per heavy atom. The van der Waals surface area contributed by atoms with E-state index in [0.717, 1.165) is 27.1 Å². The van der Waals surface area contributed by atoms with E-state index in [0.29, 0.717) is 17.5 Å². The fourth-order valence-corrected chi connectivity index (χ4v) is 9.35. The lowest BCUT2D eigenvalue weighted by molar-refractivity contribution is 1.08. The van der Waals surface area contributed by atoms with Crippen LogP contribution in [-0.4, -0.2) is 19.5 Å². The van der Waals surface area contributed by atoms with E-state index in [-0.39, 0.29) is 0 Å². The Bertz CT molecular complexity index is 3160. The van der Waals surface area contributed by atoms with Crippen LogP contribution < -0.4 is 0 Å². The summed E-state index contributed by atoms with van der Waals surface area (Å²) >= 11 is 1.81. The van der Waals surface area contributed by atoms with Crippen molar-refractivity contribution >= 4 is 53.3 Å². The Morgan fingerprint density at radius 3 is 1.46 bits per heavy atom. The molecule has 11 aromatic rings. The van der Waals surface area contributed by atoms with Gasteiger partial charge >= 0.3 is 0 Å². The molecule has 262 valence electrons.